The van der Waals surface area contributed by atoms with E-state index < -0.39 is 0 Å². The standard InChI is InChI=1S/C18H19BrClNO/c1-18(2,14-5-9-16(20)10-6-14)12-21-17(22)11-13-3-7-15(19)8-4-13/h3-10H,11-12H2,1-2H3,(H,21,22). The second kappa shape index (κ2) is 7.30. The van der Waals surface area contributed by atoms with Crippen LogP contribution < -0.4 is 5.32 Å². The van der Waals surface area contributed by atoms with Crippen molar-refractivity contribution in [2.24, 2.45) is 0 Å². The topological polar surface area (TPSA) is 29.1 Å². The van der Waals surface area contributed by atoms with Crippen LogP contribution in [0.4, 0.5) is 0 Å². The third kappa shape index (κ3) is 4.85. The number of benzene rings is 2. The molecular weight excluding hydrogens is 362 g/mol. The highest BCUT2D eigenvalue weighted by molar-refractivity contribution is 9.10. The summed E-state index contributed by atoms with van der Waals surface area (Å²) < 4.78 is 1.01. The van der Waals surface area contributed by atoms with E-state index in [1.165, 1.54) is 0 Å². The molecule has 2 aromatic rings. The molecule has 116 valence electrons. The molecule has 22 heavy (non-hydrogen) atoms. The molecule has 0 bridgehead atoms. The Kier molecular flexibility index (Phi) is 5.65. The summed E-state index contributed by atoms with van der Waals surface area (Å²) in [5.74, 6) is 0.0318. The van der Waals surface area contributed by atoms with Gasteiger partial charge in [-0.05, 0) is 35.4 Å². The third-order valence-corrected chi connectivity index (χ3v) is 4.41. The molecule has 0 aromatic heterocycles. The van der Waals surface area contributed by atoms with Gasteiger partial charge < -0.3 is 5.32 Å². The fourth-order valence-corrected chi connectivity index (χ4v) is 2.56. The zero-order chi connectivity index (χ0) is 16.2. The quantitative estimate of drug-likeness (QED) is 0.797. The van der Waals surface area contributed by atoms with Crippen molar-refractivity contribution in [2.45, 2.75) is 25.7 Å². The molecule has 0 saturated carbocycles. The van der Waals surface area contributed by atoms with E-state index in [0.717, 1.165) is 20.6 Å². The molecule has 2 aromatic carbocycles. The van der Waals surface area contributed by atoms with E-state index in [2.05, 4.69) is 35.1 Å². The van der Waals surface area contributed by atoms with E-state index in [1.807, 2.05) is 48.5 Å². The number of carbonyl (C=O) groups excluding carboxylic acids is 1. The Morgan fingerprint density at radius 2 is 1.68 bits per heavy atom. The Hall–Kier alpha value is -1.32. The largest absolute Gasteiger partial charge is 0.355 e. The third-order valence-electron chi connectivity index (χ3n) is 3.63. The highest BCUT2D eigenvalue weighted by atomic mass is 79.9. The van der Waals surface area contributed by atoms with Crippen molar-refractivity contribution in [1.29, 1.82) is 0 Å². The summed E-state index contributed by atoms with van der Waals surface area (Å²) in [6.07, 6.45) is 0.393. The predicted octanol–water partition coefficient (Wildman–Crippen LogP) is 4.74. The van der Waals surface area contributed by atoms with Gasteiger partial charge in [-0.2, -0.15) is 0 Å². The summed E-state index contributed by atoms with van der Waals surface area (Å²) >= 11 is 9.31. The van der Waals surface area contributed by atoms with Crippen LogP contribution in [-0.2, 0) is 16.6 Å². The monoisotopic (exact) mass is 379 g/mol. The van der Waals surface area contributed by atoms with Crippen LogP contribution in [0.3, 0.4) is 0 Å². The van der Waals surface area contributed by atoms with Crippen molar-refractivity contribution in [1.82, 2.24) is 5.32 Å². The van der Waals surface area contributed by atoms with Crippen molar-refractivity contribution in [3.8, 4) is 0 Å². The molecule has 0 fully saturated rings. The number of hydrogen-bond acceptors (Lipinski definition) is 1. The summed E-state index contributed by atoms with van der Waals surface area (Å²) in [5.41, 5.74) is 2.02. The van der Waals surface area contributed by atoms with Gasteiger partial charge in [-0.1, -0.05) is 65.6 Å². The summed E-state index contributed by atoms with van der Waals surface area (Å²) in [4.78, 5) is 12.1. The second-order valence-electron chi connectivity index (χ2n) is 5.97. The lowest BCUT2D eigenvalue weighted by atomic mass is 9.84. The van der Waals surface area contributed by atoms with E-state index in [1.54, 1.807) is 0 Å². The molecule has 2 rings (SSSR count). The lowest BCUT2D eigenvalue weighted by Gasteiger charge is -2.25. The minimum Gasteiger partial charge on any atom is -0.355 e. The van der Waals surface area contributed by atoms with Crippen molar-refractivity contribution in [3.05, 3.63) is 69.2 Å². The lowest BCUT2D eigenvalue weighted by Crippen LogP contribution is -2.37. The fourth-order valence-electron chi connectivity index (χ4n) is 2.17. The number of amides is 1. The summed E-state index contributed by atoms with van der Waals surface area (Å²) in [7, 11) is 0. The minimum absolute atomic E-state index is 0.0318. The van der Waals surface area contributed by atoms with Crippen LogP contribution in [0.15, 0.2) is 53.0 Å². The van der Waals surface area contributed by atoms with Gasteiger partial charge >= 0.3 is 0 Å². The molecule has 0 heterocycles. The maximum atomic E-state index is 12.1. The van der Waals surface area contributed by atoms with Crippen LogP contribution in [-0.4, -0.2) is 12.5 Å². The first-order chi connectivity index (χ1) is 10.4. The van der Waals surface area contributed by atoms with Gasteiger partial charge in [-0.25, -0.2) is 0 Å². The Bertz CT molecular complexity index is 635. The van der Waals surface area contributed by atoms with Crippen LogP contribution in [0.25, 0.3) is 0 Å². The SMILES string of the molecule is CC(C)(CNC(=O)Cc1ccc(Br)cc1)c1ccc(Cl)cc1. The zero-order valence-electron chi connectivity index (χ0n) is 12.7. The summed E-state index contributed by atoms with van der Waals surface area (Å²) in [6.45, 7) is 4.80. The molecular formula is C18H19BrClNO. The van der Waals surface area contributed by atoms with Crippen molar-refractivity contribution >= 4 is 33.4 Å². The van der Waals surface area contributed by atoms with Gasteiger partial charge in [0.15, 0.2) is 0 Å². The van der Waals surface area contributed by atoms with Crippen LogP contribution in [0, 0.1) is 0 Å². The summed E-state index contributed by atoms with van der Waals surface area (Å²) in [5, 5.41) is 3.74. The molecule has 0 radical (unpaired) electrons. The van der Waals surface area contributed by atoms with Crippen molar-refractivity contribution in [3.63, 3.8) is 0 Å². The van der Waals surface area contributed by atoms with Crippen LogP contribution in [0.1, 0.15) is 25.0 Å². The van der Waals surface area contributed by atoms with Crippen LogP contribution in [0.2, 0.25) is 5.02 Å². The van der Waals surface area contributed by atoms with Crippen molar-refractivity contribution < 1.29 is 4.79 Å². The van der Waals surface area contributed by atoms with E-state index in [9.17, 15) is 4.79 Å². The molecule has 0 aliphatic carbocycles. The number of nitrogens with one attached hydrogen (secondary N) is 1. The zero-order valence-corrected chi connectivity index (χ0v) is 15.0. The normalized spacial score (nSPS) is 11.3. The average molecular weight is 381 g/mol. The van der Waals surface area contributed by atoms with E-state index in [-0.39, 0.29) is 11.3 Å². The molecule has 0 unspecified atom stereocenters. The van der Waals surface area contributed by atoms with E-state index in [4.69, 9.17) is 11.6 Å². The van der Waals surface area contributed by atoms with Gasteiger partial charge in [0.05, 0.1) is 6.42 Å². The van der Waals surface area contributed by atoms with Crippen LogP contribution >= 0.6 is 27.5 Å². The van der Waals surface area contributed by atoms with Gasteiger partial charge in [0.1, 0.15) is 0 Å². The number of rotatable bonds is 5. The average Bonchev–Trinajstić information content (AvgIpc) is 2.48. The van der Waals surface area contributed by atoms with Gasteiger partial charge in [-0.15, -0.1) is 0 Å². The van der Waals surface area contributed by atoms with Crippen LogP contribution in [0.5, 0.6) is 0 Å². The molecule has 0 saturated heterocycles. The summed E-state index contributed by atoms with van der Waals surface area (Å²) in [6, 6.07) is 15.6. The molecule has 1 N–H and O–H groups in total. The molecule has 4 heteroatoms. The van der Waals surface area contributed by atoms with Crippen molar-refractivity contribution in [2.75, 3.05) is 6.54 Å². The maximum Gasteiger partial charge on any atom is 0.224 e. The fraction of sp³-hybridized carbons (Fsp3) is 0.278. The molecule has 2 nitrogen and oxygen atoms in total. The van der Waals surface area contributed by atoms with E-state index >= 15 is 0 Å². The second-order valence-corrected chi connectivity index (χ2v) is 7.32. The smallest absolute Gasteiger partial charge is 0.224 e. The van der Waals surface area contributed by atoms with Gasteiger partial charge in [-0.3, -0.25) is 4.79 Å². The minimum atomic E-state index is -0.139. The first-order valence-corrected chi connectivity index (χ1v) is 8.31. The molecule has 0 aliphatic heterocycles. The number of carbonyl (C=O) groups is 1. The maximum absolute atomic E-state index is 12.1. The van der Waals surface area contributed by atoms with Gasteiger partial charge in [0.2, 0.25) is 5.91 Å². The molecule has 0 aliphatic rings. The molecule has 0 spiro atoms. The Morgan fingerprint density at radius 3 is 2.27 bits per heavy atom. The predicted molar refractivity (Wildman–Crippen MR) is 95.3 cm³/mol. The Morgan fingerprint density at radius 1 is 1.09 bits per heavy atom. The highest BCUT2D eigenvalue weighted by Crippen LogP contribution is 2.23. The molecule has 1 amide bonds. The van der Waals surface area contributed by atoms with Gasteiger partial charge in [0.25, 0.3) is 0 Å². The first-order valence-electron chi connectivity index (χ1n) is 7.14. The first kappa shape index (κ1) is 17.0. The highest BCUT2D eigenvalue weighted by Gasteiger charge is 2.21. The molecule has 0 atom stereocenters. The van der Waals surface area contributed by atoms with E-state index in [0.29, 0.717) is 13.0 Å². The van der Waals surface area contributed by atoms with Gasteiger partial charge in [0, 0.05) is 21.5 Å². The number of halogens is 2. The number of hydrogen-bond donors (Lipinski definition) is 1. The Labute approximate surface area is 145 Å². The Balaban J connectivity index is 1.92. The lowest BCUT2D eigenvalue weighted by molar-refractivity contribution is -0.120.